The van der Waals surface area contributed by atoms with Crippen LogP contribution in [0.4, 0.5) is 4.79 Å². The summed E-state index contributed by atoms with van der Waals surface area (Å²) in [6.45, 7) is 10.1. The number of carbonyl (C=O) groups is 12. The third-order valence-electron chi connectivity index (χ3n) is 17.5. The Balaban J connectivity index is 0.00000411. The molecule has 10 atom stereocenters. The third kappa shape index (κ3) is 32.5. The van der Waals surface area contributed by atoms with Gasteiger partial charge in [0.1, 0.15) is 66.2 Å². The highest BCUT2D eigenvalue weighted by Gasteiger charge is 2.40. The smallest absolute Gasteiger partial charge is 0.394 e. The first-order valence-corrected chi connectivity index (χ1v) is 37.6. The summed E-state index contributed by atoms with van der Waals surface area (Å²) >= 11 is 6.24. The lowest BCUT2D eigenvalue weighted by Crippen LogP contribution is -2.61. The molecule has 5 aromatic rings. The number of phenols is 1. The van der Waals surface area contributed by atoms with Crippen LogP contribution < -0.4 is 70.0 Å². The molecular weight excluding hydrogens is 1450 g/mol. The van der Waals surface area contributed by atoms with Crippen molar-refractivity contribution in [2.75, 3.05) is 26.2 Å². The van der Waals surface area contributed by atoms with Crippen LogP contribution >= 0.6 is 11.6 Å². The number of fused-ring (bicyclic) bond motifs is 1. The van der Waals surface area contributed by atoms with E-state index in [9.17, 15) is 67.7 Å². The average molecular weight is 1560 g/mol. The maximum Gasteiger partial charge on any atom is 0.394 e. The molecule has 0 spiro atoms. The van der Waals surface area contributed by atoms with Crippen molar-refractivity contribution in [2.45, 2.75) is 191 Å². The maximum absolute atomic E-state index is 15.0. The summed E-state index contributed by atoms with van der Waals surface area (Å²) in [4.78, 5) is 173. The molecule has 1 aliphatic rings. The number of aliphatic hydroxyl groups excluding tert-OH is 1. The van der Waals surface area contributed by atoms with Gasteiger partial charge in [0.05, 0.1) is 6.61 Å². The lowest BCUT2D eigenvalue weighted by molar-refractivity contribution is -0.142. The molecule has 4 aromatic carbocycles. The first-order valence-electron chi connectivity index (χ1n) is 35.8. The minimum Gasteiger partial charge on any atom is -0.508 e. The molecule has 0 radical (unpaired) electrons. The van der Waals surface area contributed by atoms with Gasteiger partial charge in [0, 0.05) is 69.2 Å². The molecule has 0 aliphatic carbocycles. The van der Waals surface area contributed by atoms with Gasteiger partial charge in [-0.15, -0.1) is 0 Å². The third-order valence-corrected chi connectivity index (χ3v) is 17.7. The van der Waals surface area contributed by atoms with Gasteiger partial charge in [0.15, 0.2) is 0 Å². The quantitative estimate of drug-likeness (QED) is 0.0193. The number of hydrogen-bond donors (Lipinski definition) is 17. The Morgan fingerprint density at radius 2 is 1.02 bits per heavy atom. The molecule has 0 unspecified atom stereocenters. The lowest BCUT2D eigenvalue weighted by Gasteiger charge is -2.31. The summed E-state index contributed by atoms with van der Waals surface area (Å²) < 4.78 is 31.6. The second-order valence-electron chi connectivity index (χ2n) is 27.3. The molecule has 35 heteroatoms. The Bertz CT molecular complexity index is 4010. The Morgan fingerprint density at radius 3 is 1.55 bits per heavy atom. The summed E-state index contributed by atoms with van der Waals surface area (Å²) in [7, 11) is -4.67. The molecule has 594 valence electrons. The van der Waals surface area contributed by atoms with Crippen molar-refractivity contribution < 1.29 is 85.3 Å². The topological polar surface area (TPSA) is 520 Å². The van der Waals surface area contributed by atoms with Crippen molar-refractivity contribution in [1.82, 2.24) is 68.4 Å². The van der Waals surface area contributed by atoms with E-state index in [1.54, 1.807) is 50.2 Å². The van der Waals surface area contributed by atoms with Gasteiger partial charge in [0.2, 0.25) is 65.0 Å². The molecule has 1 aromatic heterocycles. The van der Waals surface area contributed by atoms with Crippen LogP contribution in [0.25, 0.3) is 10.8 Å². The normalized spacial score (nSPS) is 15.1. The van der Waals surface area contributed by atoms with Crippen molar-refractivity contribution >= 4 is 104 Å². The Kier molecular flexibility index (Phi) is 36.7. The monoisotopic (exact) mass is 1560 g/mol. The number of unbranched alkanes of at least 4 members (excludes halogenated alkanes) is 2. The molecule has 33 nitrogen and oxygen atoms in total. The van der Waals surface area contributed by atoms with Gasteiger partial charge in [-0.05, 0) is 141 Å². The number of rotatable bonds is 41. The Labute approximate surface area is 638 Å². The summed E-state index contributed by atoms with van der Waals surface area (Å²) in [5.74, 6) is -9.07. The Hall–Kier alpha value is -10.4. The van der Waals surface area contributed by atoms with E-state index in [0.29, 0.717) is 53.1 Å². The number of nitrogens with two attached hydrogens (primary N) is 2. The second kappa shape index (κ2) is 44.8. The number of primary amides is 2. The van der Waals surface area contributed by atoms with Gasteiger partial charge in [-0.25, -0.2) is 4.79 Å². The number of aromatic nitrogens is 1. The molecule has 19 N–H and O–H groups in total. The van der Waals surface area contributed by atoms with Crippen LogP contribution in [-0.4, -0.2) is 201 Å². The van der Waals surface area contributed by atoms with E-state index in [1.165, 1.54) is 55.4 Å². The van der Waals surface area contributed by atoms with Crippen LogP contribution in [0.2, 0.25) is 5.02 Å². The van der Waals surface area contributed by atoms with Crippen LogP contribution in [0, 0.1) is 5.92 Å². The fourth-order valence-corrected chi connectivity index (χ4v) is 12.1. The van der Waals surface area contributed by atoms with E-state index in [2.05, 4.69) is 63.5 Å². The zero-order valence-corrected chi connectivity index (χ0v) is 63.3. The van der Waals surface area contributed by atoms with E-state index in [0.717, 1.165) is 10.8 Å². The van der Waals surface area contributed by atoms with Crippen LogP contribution in [-0.2, 0) is 88.8 Å². The van der Waals surface area contributed by atoms with E-state index in [1.807, 2.05) is 56.3 Å². The van der Waals surface area contributed by atoms with Crippen molar-refractivity contribution in [2.24, 2.45) is 17.4 Å². The summed E-state index contributed by atoms with van der Waals surface area (Å²) in [6.07, 6.45) is 4.59. The lowest BCUT2D eigenvalue weighted by atomic mass is 9.99. The number of amides is 13. The summed E-state index contributed by atoms with van der Waals surface area (Å²) in [5.41, 5.74) is 12.8. The number of carbonyl (C=O) groups excluding carboxylic acids is 12. The number of urea groups is 1. The number of nitrogens with one attached hydrogen (secondary N) is 11. The second-order valence-corrected chi connectivity index (χ2v) is 28.6. The van der Waals surface area contributed by atoms with Gasteiger partial charge in [0.25, 0.3) is 0 Å². The molecule has 1 aliphatic heterocycles. The van der Waals surface area contributed by atoms with Crippen molar-refractivity contribution in [3.63, 3.8) is 0 Å². The molecule has 0 bridgehead atoms. The fourth-order valence-electron chi connectivity index (χ4n) is 11.9. The molecule has 1 saturated heterocycles. The molecule has 0 saturated carbocycles. The van der Waals surface area contributed by atoms with Crippen LogP contribution in [0.5, 0.6) is 5.75 Å². The predicted octanol–water partition coefficient (Wildman–Crippen LogP) is 1.14. The van der Waals surface area contributed by atoms with Crippen molar-refractivity contribution in [3.05, 3.63) is 143 Å². The fraction of sp³-hybridized carbons (Fsp3) is 0.473. The molecular formula is C74H102ClN15O18S. The van der Waals surface area contributed by atoms with Crippen LogP contribution in [0.1, 0.15) is 122 Å². The number of pyridine rings is 1. The van der Waals surface area contributed by atoms with Crippen molar-refractivity contribution in [3.8, 4) is 5.75 Å². The number of aliphatic hydroxyl groups is 1. The standard InChI is InChI=1S/C74H100ClN15O14.H2O4S/c1-43(2)35-57(66(96)84-56(19-10-11-32-79-44(3)4)73(103)90-34-14-20-63(90)72(102)81-45(5)64(76)94)85-65(95)55(18-9-12-33-80-74(77)104)83-68(98)59(38-48-24-29-54(93)30-25-48)88-71(101)62(42-91)89-70(100)61(40-50-15-13-31-78-41-50)87-69(99)60(37-47-22-27-53(75)28-23-47)86-67(97)58(82-46(6)92)39-49-21-26-51-16-7-8-17-52(51)36-49;1-5(2,3)4/h7-8,13,15-17,21-31,36,41,43-45,55-63,79,91,93H,9-12,14,18-20,32-35,37-40,42H2,1-6H3,(H2,76,94)(H,81,102)(H,82,92)(H,83,98)(H,84,96)(H,85,95)(H,86,97)(H,87,99)(H,88,101)(H,89,100)(H3,77,80,104);(H2,1,2,3,4)/t45-,55-,56+,57+,58-,59+,60+,61-,62+,63+;/m1./s1. The first kappa shape index (κ1) is 89.2. The molecule has 1 fully saturated rings. The van der Waals surface area contributed by atoms with Gasteiger partial charge < -0.3 is 85.1 Å². The van der Waals surface area contributed by atoms with Crippen molar-refractivity contribution in [1.29, 1.82) is 0 Å². The predicted molar refractivity (Wildman–Crippen MR) is 404 cm³/mol. The molecule has 2 heterocycles. The van der Waals surface area contributed by atoms with Gasteiger partial charge >= 0.3 is 16.4 Å². The molecule has 109 heavy (non-hydrogen) atoms. The minimum absolute atomic E-state index is 0.0327. The Morgan fingerprint density at radius 1 is 0.550 bits per heavy atom. The molecule has 13 amide bonds. The largest absolute Gasteiger partial charge is 0.508 e. The van der Waals surface area contributed by atoms with E-state index >= 15 is 0 Å². The average Bonchev–Trinajstić information content (AvgIpc) is 1.81. The maximum atomic E-state index is 15.0. The summed E-state index contributed by atoms with van der Waals surface area (Å²) in [5, 5.41) is 53.5. The number of nitrogens with zero attached hydrogens (tertiary/aromatic N) is 2. The minimum atomic E-state index is -4.67. The highest BCUT2D eigenvalue weighted by molar-refractivity contribution is 7.79. The van der Waals surface area contributed by atoms with E-state index < -0.39 is 148 Å². The summed E-state index contributed by atoms with van der Waals surface area (Å²) in [6, 6.07) is 14.4. The highest BCUT2D eigenvalue weighted by atomic mass is 35.5. The van der Waals surface area contributed by atoms with E-state index in [-0.39, 0.29) is 95.0 Å². The zero-order chi connectivity index (χ0) is 80.5. The highest BCUT2D eigenvalue weighted by Crippen LogP contribution is 2.23. The number of halogens is 1. The number of phenolic OH excluding ortho intramolecular Hbond substituents is 1. The van der Waals surface area contributed by atoms with Gasteiger partial charge in [-0.3, -0.25) is 66.8 Å². The number of aromatic hydroxyl groups is 1. The van der Waals surface area contributed by atoms with Gasteiger partial charge in [-0.2, -0.15) is 8.42 Å². The van der Waals surface area contributed by atoms with Crippen LogP contribution in [0.3, 0.4) is 0 Å². The molecule has 6 rings (SSSR count). The van der Waals surface area contributed by atoms with Gasteiger partial charge in [-0.1, -0.05) is 112 Å². The number of likely N-dealkylation sites (tertiary alicyclic amines) is 1. The number of hydrogen-bond acceptors (Lipinski definition) is 18. The number of benzene rings is 4. The van der Waals surface area contributed by atoms with Crippen LogP contribution in [0.15, 0.2) is 116 Å². The van der Waals surface area contributed by atoms with E-state index in [4.69, 9.17) is 40.6 Å². The zero-order valence-electron chi connectivity index (χ0n) is 61.8. The first-order chi connectivity index (χ1) is 51.6. The SMILES string of the molecule is CC(=O)N[C@H](Cc1ccc2ccccc2c1)C(=O)N[C@@H](Cc1ccc(Cl)cc1)C(=O)N[C@H](Cc1cccnc1)C(=O)N[C@@H](CO)C(=O)N[C@@H](Cc1ccc(O)cc1)C(=O)N[C@H](CCCCNC(N)=O)C(=O)N[C@@H](CC(C)C)C(=O)N[C@@H](CCCCNC(C)C)C(=O)N1CCC[C@H]1C(=O)N[C@H](C)C(N)=O.O=S(=O)(O)O.